The number of furan rings is 2. The van der Waals surface area contributed by atoms with E-state index in [1.807, 2.05) is 24.3 Å². The van der Waals surface area contributed by atoms with Gasteiger partial charge in [0.05, 0.1) is 0 Å². The van der Waals surface area contributed by atoms with Crippen LogP contribution in [0.1, 0.15) is 36.1 Å². The zero-order valence-electron chi connectivity index (χ0n) is 35.2. The predicted molar refractivity (Wildman–Crippen MR) is 259 cm³/mol. The number of nitrogens with zero attached hydrogens (tertiary/aromatic N) is 1. The molecule has 0 spiro atoms. The van der Waals surface area contributed by atoms with Crippen LogP contribution in [0.25, 0.3) is 88.4 Å². The third kappa shape index (κ3) is 5.44. The summed E-state index contributed by atoms with van der Waals surface area (Å²) < 4.78 is 12.9. The maximum Gasteiger partial charge on any atom is 0.143 e. The molecule has 0 N–H and O–H groups in total. The molecule has 9 aromatic carbocycles. The number of fused-ring (bicyclic) bond motifs is 9. The molecule has 62 heavy (non-hydrogen) atoms. The van der Waals surface area contributed by atoms with Crippen LogP contribution in [0.5, 0.6) is 0 Å². The van der Waals surface area contributed by atoms with E-state index < -0.39 is 0 Å². The fourth-order valence-electron chi connectivity index (χ4n) is 10.3. The summed E-state index contributed by atoms with van der Waals surface area (Å²) in [5.74, 6) is 0. The van der Waals surface area contributed by atoms with Crippen molar-refractivity contribution >= 4 is 60.9 Å². The van der Waals surface area contributed by atoms with Crippen molar-refractivity contribution in [2.75, 3.05) is 4.90 Å². The molecule has 0 aliphatic heterocycles. The van der Waals surface area contributed by atoms with Gasteiger partial charge in [0.15, 0.2) is 0 Å². The molecule has 0 amide bonds. The van der Waals surface area contributed by atoms with E-state index in [1.165, 1.54) is 44.5 Å². The van der Waals surface area contributed by atoms with Gasteiger partial charge in [-0.15, -0.1) is 0 Å². The van der Waals surface area contributed by atoms with Crippen LogP contribution in [0.4, 0.5) is 17.1 Å². The van der Waals surface area contributed by atoms with Crippen molar-refractivity contribution in [1.82, 2.24) is 0 Å². The SMILES string of the molecule is Cc1ccccc1-c1ccc2c(c1C)-c1ccc(N(c3ccc(-c4cccc5c4oc4ccccc45)cc3)c3ccc(-c4cccc5c4oc4ccccc45)cc3)cc1C2(C)C. The van der Waals surface area contributed by atoms with Crippen molar-refractivity contribution in [1.29, 1.82) is 0 Å². The predicted octanol–water partition coefficient (Wildman–Crippen LogP) is 16.9. The number of benzene rings is 9. The van der Waals surface area contributed by atoms with Crippen molar-refractivity contribution < 1.29 is 8.83 Å². The lowest BCUT2D eigenvalue weighted by atomic mass is 9.81. The number of anilines is 3. The van der Waals surface area contributed by atoms with E-state index in [-0.39, 0.29) is 5.41 Å². The summed E-state index contributed by atoms with van der Waals surface area (Å²) in [4.78, 5) is 2.39. The van der Waals surface area contributed by atoms with Crippen LogP contribution in [0.2, 0.25) is 0 Å². The number of hydrogen-bond donors (Lipinski definition) is 0. The molecule has 0 atom stereocenters. The standard InChI is InChI=1S/C59H43NO2/c1-36-13-5-6-14-43(36)44-33-34-52-56(37(44)2)51-32-31-42(35-53(51)59(52,3)4)60(40-27-23-38(24-28-40)45-17-11-19-49-47-15-7-9-21-54(47)61-57(45)49)41-29-25-39(26-30-41)46-18-12-20-50-48-16-8-10-22-55(48)62-58(46)50/h5-35H,1-4H3. The maximum absolute atomic E-state index is 6.46. The van der Waals surface area contributed by atoms with Gasteiger partial charge in [-0.1, -0.05) is 153 Å². The van der Waals surface area contributed by atoms with Crippen LogP contribution >= 0.6 is 0 Å². The van der Waals surface area contributed by atoms with E-state index in [0.29, 0.717) is 0 Å². The van der Waals surface area contributed by atoms with Crippen LogP contribution in [0, 0.1) is 13.8 Å². The average molecular weight is 798 g/mol. The fraction of sp³-hybridized carbons (Fsp3) is 0.0847. The fourth-order valence-corrected chi connectivity index (χ4v) is 10.3. The number of aryl methyl sites for hydroxylation is 1. The first-order chi connectivity index (χ1) is 30.3. The van der Waals surface area contributed by atoms with Gasteiger partial charge in [-0.25, -0.2) is 0 Å². The maximum atomic E-state index is 6.46. The van der Waals surface area contributed by atoms with Gasteiger partial charge in [-0.3, -0.25) is 0 Å². The van der Waals surface area contributed by atoms with Crippen LogP contribution in [-0.4, -0.2) is 0 Å². The normalized spacial score (nSPS) is 13.0. The molecule has 1 aliphatic carbocycles. The van der Waals surface area contributed by atoms with E-state index in [9.17, 15) is 0 Å². The highest BCUT2D eigenvalue weighted by molar-refractivity contribution is 6.10. The Morgan fingerprint density at radius 3 is 1.45 bits per heavy atom. The molecule has 2 heterocycles. The lowest BCUT2D eigenvalue weighted by Gasteiger charge is -2.28. The number of rotatable bonds is 6. The zero-order valence-corrected chi connectivity index (χ0v) is 35.2. The molecule has 0 radical (unpaired) electrons. The number of para-hydroxylation sites is 4. The van der Waals surface area contributed by atoms with Gasteiger partial charge in [0, 0.05) is 55.1 Å². The molecule has 0 fully saturated rings. The molecule has 2 aromatic heterocycles. The molecule has 296 valence electrons. The zero-order chi connectivity index (χ0) is 41.7. The van der Waals surface area contributed by atoms with Gasteiger partial charge in [-0.2, -0.15) is 0 Å². The Morgan fingerprint density at radius 2 is 0.871 bits per heavy atom. The Labute approximate surface area is 361 Å². The van der Waals surface area contributed by atoms with Crippen molar-refractivity contribution in [3.63, 3.8) is 0 Å². The van der Waals surface area contributed by atoms with Gasteiger partial charge in [0.1, 0.15) is 22.3 Å². The van der Waals surface area contributed by atoms with Crippen molar-refractivity contribution in [3.8, 4) is 44.5 Å². The Kier molecular flexibility index (Phi) is 8.01. The van der Waals surface area contributed by atoms with Gasteiger partial charge in [0.2, 0.25) is 0 Å². The summed E-state index contributed by atoms with van der Waals surface area (Å²) in [5, 5.41) is 4.53. The molecule has 0 saturated heterocycles. The number of hydrogen-bond acceptors (Lipinski definition) is 3. The minimum atomic E-state index is -0.189. The smallest absolute Gasteiger partial charge is 0.143 e. The van der Waals surface area contributed by atoms with Crippen LogP contribution in [0.15, 0.2) is 197 Å². The quantitative estimate of drug-likeness (QED) is 0.168. The summed E-state index contributed by atoms with van der Waals surface area (Å²) in [5.41, 5.74) is 21.7. The van der Waals surface area contributed by atoms with Crippen molar-refractivity contribution in [3.05, 3.63) is 210 Å². The Morgan fingerprint density at radius 1 is 0.387 bits per heavy atom. The summed E-state index contributed by atoms with van der Waals surface area (Å²) in [7, 11) is 0. The third-order valence-electron chi connectivity index (χ3n) is 13.5. The summed E-state index contributed by atoms with van der Waals surface area (Å²) in [6.07, 6.45) is 0. The molecule has 3 nitrogen and oxygen atoms in total. The Bertz CT molecular complexity index is 3410. The molecule has 0 bridgehead atoms. The van der Waals surface area contributed by atoms with Crippen LogP contribution < -0.4 is 4.90 Å². The van der Waals surface area contributed by atoms with Gasteiger partial charge in [-0.05, 0) is 118 Å². The largest absolute Gasteiger partial charge is 0.455 e. The van der Waals surface area contributed by atoms with Gasteiger partial charge >= 0.3 is 0 Å². The first-order valence-electron chi connectivity index (χ1n) is 21.5. The lowest BCUT2D eigenvalue weighted by Crippen LogP contribution is -2.16. The van der Waals surface area contributed by atoms with Gasteiger partial charge in [0.25, 0.3) is 0 Å². The lowest BCUT2D eigenvalue weighted by molar-refractivity contribution is 0.660. The summed E-state index contributed by atoms with van der Waals surface area (Å²) in [6.45, 7) is 9.25. The average Bonchev–Trinajstić information content (AvgIpc) is 3.95. The molecule has 11 aromatic rings. The van der Waals surface area contributed by atoms with E-state index in [0.717, 1.165) is 83.2 Å². The topological polar surface area (TPSA) is 29.5 Å². The molecule has 1 aliphatic rings. The minimum absolute atomic E-state index is 0.189. The molecular formula is C59H43NO2. The second kappa shape index (κ2) is 13.7. The summed E-state index contributed by atoms with van der Waals surface area (Å²) >= 11 is 0. The highest BCUT2D eigenvalue weighted by atomic mass is 16.3. The van der Waals surface area contributed by atoms with E-state index in [1.54, 1.807) is 0 Å². The van der Waals surface area contributed by atoms with Crippen LogP contribution in [-0.2, 0) is 5.41 Å². The summed E-state index contributed by atoms with van der Waals surface area (Å²) in [6, 6.07) is 67.8. The van der Waals surface area contributed by atoms with Gasteiger partial charge < -0.3 is 13.7 Å². The first kappa shape index (κ1) is 36.2. The molecule has 3 heteroatoms. The van der Waals surface area contributed by atoms with Crippen molar-refractivity contribution in [2.24, 2.45) is 0 Å². The molecular weight excluding hydrogens is 755 g/mol. The van der Waals surface area contributed by atoms with E-state index in [4.69, 9.17) is 8.83 Å². The monoisotopic (exact) mass is 797 g/mol. The Hall–Kier alpha value is -7.62. The Balaban J connectivity index is 0.989. The second-order valence-corrected chi connectivity index (χ2v) is 17.3. The minimum Gasteiger partial charge on any atom is -0.455 e. The molecule has 0 unspecified atom stereocenters. The highest BCUT2D eigenvalue weighted by Gasteiger charge is 2.37. The van der Waals surface area contributed by atoms with Crippen LogP contribution in [0.3, 0.4) is 0 Å². The highest BCUT2D eigenvalue weighted by Crippen LogP contribution is 2.53. The molecule has 0 saturated carbocycles. The second-order valence-electron chi connectivity index (χ2n) is 17.3. The van der Waals surface area contributed by atoms with E-state index in [2.05, 4.69) is 196 Å². The third-order valence-corrected chi connectivity index (χ3v) is 13.5. The van der Waals surface area contributed by atoms with E-state index >= 15 is 0 Å². The first-order valence-corrected chi connectivity index (χ1v) is 21.5. The molecule has 12 rings (SSSR count). The van der Waals surface area contributed by atoms with Crippen molar-refractivity contribution in [2.45, 2.75) is 33.1 Å².